The van der Waals surface area contributed by atoms with E-state index < -0.39 is 6.10 Å². The van der Waals surface area contributed by atoms with Crippen molar-refractivity contribution in [1.29, 1.82) is 0 Å². The summed E-state index contributed by atoms with van der Waals surface area (Å²) in [5, 5.41) is 14.8. The molecule has 18 heavy (non-hydrogen) atoms. The van der Waals surface area contributed by atoms with Crippen molar-refractivity contribution in [2.75, 3.05) is 0 Å². The molecule has 4 heteroatoms. The zero-order valence-corrected chi connectivity index (χ0v) is 12.9. The van der Waals surface area contributed by atoms with Crippen molar-refractivity contribution >= 4 is 15.9 Å². The molecule has 0 aromatic carbocycles. The van der Waals surface area contributed by atoms with Gasteiger partial charge in [0.1, 0.15) is 0 Å². The van der Waals surface area contributed by atoms with Crippen LogP contribution in [0.25, 0.3) is 0 Å². The lowest BCUT2D eigenvalue weighted by Gasteiger charge is -2.25. The molecule has 0 radical (unpaired) electrons. The number of rotatable bonds is 4. The predicted molar refractivity (Wildman–Crippen MR) is 76.5 cm³/mol. The zero-order chi connectivity index (χ0) is 13.1. The first-order chi connectivity index (χ1) is 8.59. The summed E-state index contributed by atoms with van der Waals surface area (Å²) in [7, 11) is 0. The summed E-state index contributed by atoms with van der Waals surface area (Å²) >= 11 is 3.51. The Morgan fingerprint density at radius 1 is 1.39 bits per heavy atom. The van der Waals surface area contributed by atoms with Crippen LogP contribution in [0.5, 0.6) is 0 Å². The van der Waals surface area contributed by atoms with Gasteiger partial charge in [-0.15, -0.1) is 0 Å². The normalized spacial score (nSPS) is 19.4. The molecule has 1 N–H and O–H groups in total. The van der Waals surface area contributed by atoms with Crippen LogP contribution in [0.4, 0.5) is 0 Å². The van der Waals surface area contributed by atoms with E-state index in [2.05, 4.69) is 34.9 Å². The average Bonchev–Trinajstić information content (AvgIpc) is 2.72. The number of aliphatic hydroxyl groups is 1. The molecule has 1 saturated carbocycles. The number of aromatic nitrogens is 2. The number of nitrogens with zero attached hydrogens (tertiary/aromatic N) is 2. The standard InChI is InChI=1S/C14H23BrN2O/c1-10(2)17-14(12(15)9-16-17)13(18)8-11-6-4-3-5-7-11/h9-11,13,18H,3-8H2,1-2H3. The molecule has 1 fully saturated rings. The van der Waals surface area contributed by atoms with Crippen LogP contribution in [0.1, 0.15) is 70.2 Å². The van der Waals surface area contributed by atoms with E-state index in [1.807, 2.05) is 4.68 Å². The van der Waals surface area contributed by atoms with Crippen molar-refractivity contribution in [3.05, 3.63) is 16.4 Å². The molecule has 1 heterocycles. The van der Waals surface area contributed by atoms with Crippen LogP contribution in [0.15, 0.2) is 10.7 Å². The highest BCUT2D eigenvalue weighted by Gasteiger charge is 2.23. The first-order valence-corrected chi connectivity index (χ1v) is 7.80. The largest absolute Gasteiger partial charge is 0.387 e. The Bertz CT molecular complexity index is 383. The van der Waals surface area contributed by atoms with E-state index in [-0.39, 0.29) is 6.04 Å². The van der Waals surface area contributed by atoms with Crippen molar-refractivity contribution in [2.24, 2.45) is 5.92 Å². The second kappa shape index (κ2) is 6.20. The topological polar surface area (TPSA) is 38.0 Å². The summed E-state index contributed by atoms with van der Waals surface area (Å²) in [6.45, 7) is 4.19. The second-order valence-electron chi connectivity index (χ2n) is 5.67. The molecule has 3 nitrogen and oxygen atoms in total. The molecule has 0 bridgehead atoms. The van der Waals surface area contributed by atoms with Gasteiger partial charge in [-0.1, -0.05) is 32.1 Å². The van der Waals surface area contributed by atoms with Crippen LogP contribution in [-0.2, 0) is 0 Å². The molecule has 0 saturated heterocycles. The molecule has 0 spiro atoms. The molecule has 1 aromatic heterocycles. The minimum absolute atomic E-state index is 0.285. The minimum Gasteiger partial charge on any atom is -0.387 e. The minimum atomic E-state index is -0.396. The third-order valence-electron chi connectivity index (χ3n) is 3.87. The highest BCUT2D eigenvalue weighted by Crippen LogP contribution is 2.34. The van der Waals surface area contributed by atoms with Crippen molar-refractivity contribution in [1.82, 2.24) is 9.78 Å². The second-order valence-corrected chi connectivity index (χ2v) is 6.53. The first kappa shape index (κ1) is 14.1. The SMILES string of the molecule is CC(C)n1ncc(Br)c1C(O)CC1CCCCC1. The van der Waals surface area contributed by atoms with Gasteiger partial charge >= 0.3 is 0 Å². The van der Waals surface area contributed by atoms with E-state index in [1.54, 1.807) is 6.20 Å². The zero-order valence-electron chi connectivity index (χ0n) is 11.3. The molecular formula is C14H23BrN2O. The fourth-order valence-corrected chi connectivity index (χ4v) is 3.46. The Hall–Kier alpha value is -0.350. The summed E-state index contributed by atoms with van der Waals surface area (Å²) in [5.74, 6) is 0.677. The first-order valence-electron chi connectivity index (χ1n) is 7.00. The predicted octanol–water partition coefficient (Wildman–Crippen LogP) is 4.23. The van der Waals surface area contributed by atoms with Crippen LogP contribution in [0, 0.1) is 5.92 Å². The molecule has 1 atom stereocenters. The van der Waals surface area contributed by atoms with Crippen LogP contribution < -0.4 is 0 Å². The maximum absolute atomic E-state index is 10.5. The Morgan fingerprint density at radius 3 is 2.67 bits per heavy atom. The molecule has 0 amide bonds. The van der Waals surface area contributed by atoms with Gasteiger partial charge in [-0.3, -0.25) is 4.68 Å². The quantitative estimate of drug-likeness (QED) is 0.903. The molecular weight excluding hydrogens is 292 g/mol. The van der Waals surface area contributed by atoms with Gasteiger partial charge in [0.15, 0.2) is 0 Å². The Kier molecular flexibility index (Phi) is 4.84. The maximum Gasteiger partial charge on any atom is 0.0970 e. The van der Waals surface area contributed by atoms with Gasteiger partial charge in [0.05, 0.1) is 22.5 Å². The number of hydrogen-bond donors (Lipinski definition) is 1. The third kappa shape index (κ3) is 3.15. The van der Waals surface area contributed by atoms with Gasteiger partial charge in [-0.25, -0.2) is 0 Å². The van der Waals surface area contributed by atoms with E-state index in [0.29, 0.717) is 5.92 Å². The summed E-state index contributed by atoms with van der Waals surface area (Å²) in [6, 6.07) is 0.285. The van der Waals surface area contributed by atoms with Crippen LogP contribution in [-0.4, -0.2) is 14.9 Å². The monoisotopic (exact) mass is 314 g/mol. The number of hydrogen-bond acceptors (Lipinski definition) is 2. The molecule has 2 rings (SSSR count). The van der Waals surface area contributed by atoms with Crippen molar-refractivity contribution < 1.29 is 5.11 Å². The van der Waals surface area contributed by atoms with Crippen molar-refractivity contribution in [3.63, 3.8) is 0 Å². The van der Waals surface area contributed by atoms with Gasteiger partial charge < -0.3 is 5.11 Å². The molecule has 1 aromatic rings. The smallest absolute Gasteiger partial charge is 0.0970 e. The maximum atomic E-state index is 10.5. The van der Waals surface area contributed by atoms with Crippen molar-refractivity contribution in [2.45, 2.75) is 64.5 Å². The van der Waals surface area contributed by atoms with Crippen LogP contribution >= 0.6 is 15.9 Å². The molecule has 1 unspecified atom stereocenters. The Balaban J connectivity index is 2.07. The summed E-state index contributed by atoms with van der Waals surface area (Å²) in [6.07, 6.45) is 8.81. The van der Waals surface area contributed by atoms with E-state index in [9.17, 15) is 5.11 Å². The lowest BCUT2D eigenvalue weighted by atomic mass is 9.85. The lowest BCUT2D eigenvalue weighted by molar-refractivity contribution is 0.120. The third-order valence-corrected chi connectivity index (χ3v) is 4.48. The number of halogens is 1. The van der Waals surface area contributed by atoms with Gasteiger partial charge in [-0.05, 0) is 42.1 Å². The molecule has 0 aliphatic heterocycles. The Labute approximate surface area is 118 Å². The highest BCUT2D eigenvalue weighted by atomic mass is 79.9. The van der Waals surface area contributed by atoms with Gasteiger partial charge in [0.25, 0.3) is 0 Å². The van der Waals surface area contributed by atoms with Gasteiger partial charge in [-0.2, -0.15) is 5.10 Å². The van der Waals surface area contributed by atoms with Crippen LogP contribution in [0.2, 0.25) is 0 Å². The summed E-state index contributed by atoms with van der Waals surface area (Å²) in [5.41, 5.74) is 0.940. The fraction of sp³-hybridized carbons (Fsp3) is 0.786. The fourth-order valence-electron chi connectivity index (χ4n) is 2.92. The summed E-state index contributed by atoms with van der Waals surface area (Å²) < 4.78 is 2.86. The molecule has 1 aliphatic rings. The molecule has 1 aliphatic carbocycles. The molecule has 102 valence electrons. The lowest BCUT2D eigenvalue weighted by Crippen LogP contribution is -2.16. The average molecular weight is 315 g/mol. The van der Waals surface area contributed by atoms with Gasteiger partial charge in [0, 0.05) is 6.04 Å². The number of aliphatic hydroxyl groups excluding tert-OH is 1. The van der Waals surface area contributed by atoms with E-state index in [0.717, 1.165) is 16.6 Å². The Morgan fingerprint density at radius 2 is 2.06 bits per heavy atom. The summed E-state index contributed by atoms with van der Waals surface area (Å²) in [4.78, 5) is 0. The van der Waals surface area contributed by atoms with Crippen LogP contribution in [0.3, 0.4) is 0 Å². The van der Waals surface area contributed by atoms with Crippen molar-refractivity contribution in [3.8, 4) is 0 Å². The van der Waals surface area contributed by atoms with E-state index in [4.69, 9.17) is 0 Å². The highest BCUT2D eigenvalue weighted by molar-refractivity contribution is 9.10. The van der Waals surface area contributed by atoms with Gasteiger partial charge in [0.2, 0.25) is 0 Å². The van der Waals surface area contributed by atoms with E-state index >= 15 is 0 Å². The van der Waals surface area contributed by atoms with E-state index in [1.165, 1.54) is 32.1 Å².